The van der Waals surface area contributed by atoms with Gasteiger partial charge in [0.05, 0.1) is 17.4 Å². The number of aryl methyl sites for hydroxylation is 1. The van der Waals surface area contributed by atoms with Crippen molar-refractivity contribution in [2.24, 2.45) is 7.05 Å². The van der Waals surface area contributed by atoms with E-state index in [9.17, 15) is 0 Å². The second kappa shape index (κ2) is 6.50. The van der Waals surface area contributed by atoms with Crippen LogP contribution in [0.1, 0.15) is 31.0 Å². The van der Waals surface area contributed by atoms with Gasteiger partial charge in [-0.3, -0.25) is 4.68 Å². The molecule has 0 unspecified atom stereocenters. The van der Waals surface area contributed by atoms with Crippen molar-refractivity contribution in [3.63, 3.8) is 0 Å². The molecule has 0 N–H and O–H groups in total. The Labute approximate surface area is 157 Å². The summed E-state index contributed by atoms with van der Waals surface area (Å²) in [7, 11) is 2.01. The minimum Gasteiger partial charge on any atom is -0.348 e. The van der Waals surface area contributed by atoms with Crippen LogP contribution >= 0.6 is 0 Å². The van der Waals surface area contributed by atoms with E-state index in [1.807, 2.05) is 40.6 Å². The van der Waals surface area contributed by atoms with Crippen molar-refractivity contribution in [1.29, 1.82) is 0 Å². The summed E-state index contributed by atoms with van der Waals surface area (Å²) in [4.78, 5) is 11.5. The second-order valence-corrected chi connectivity index (χ2v) is 6.92. The van der Waals surface area contributed by atoms with Crippen LogP contribution in [0.2, 0.25) is 0 Å². The highest BCUT2D eigenvalue weighted by molar-refractivity contribution is 5.66. The lowest BCUT2D eigenvalue weighted by molar-refractivity contribution is 0.444. The fraction of sp³-hybridized carbons (Fsp3) is 0.300. The molecule has 5 rings (SSSR count). The highest BCUT2D eigenvalue weighted by Gasteiger charge is 2.28. The Hall–Kier alpha value is -3.22. The number of piperidine rings is 1. The van der Waals surface area contributed by atoms with Gasteiger partial charge in [0.2, 0.25) is 0 Å². The molecule has 7 heteroatoms. The van der Waals surface area contributed by atoms with E-state index >= 15 is 0 Å². The lowest BCUT2D eigenvalue weighted by Crippen LogP contribution is -2.36. The predicted molar refractivity (Wildman–Crippen MR) is 103 cm³/mol. The molecule has 7 nitrogen and oxygen atoms in total. The molecule has 0 bridgehead atoms. The van der Waals surface area contributed by atoms with Crippen molar-refractivity contribution < 1.29 is 0 Å². The van der Waals surface area contributed by atoms with E-state index in [1.165, 1.54) is 12.1 Å². The topological polar surface area (TPSA) is 64.1 Å². The van der Waals surface area contributed by atoms with E-state index in [0.717, 1.165) is 36.5 Å². The van der Waals surface area contributed by atoms with Gasteiger partial charge in [0, 0.05) is 31.4 Å². The summed E-state index contributed by atoms with van der Waals surface area (Å²) >= 11 is 0. The average molecular weight is 359 g/mol. The lowest BCUT2D eigenvalue weighted by atomic mass is 9.99. The molecular weight excluding hydrogens is 338 g/mol. The fourth-order valence-corrected chi connectivity index (χ4v) is 3.98. The van der Waals surface area contributed by atoms with Crippen LogP contribution in [0, 0.1) is 0 Å². The highest BCUT2D eigenvalue weighted by atomic mass is 15.4. The monoisotopic (exact) mass is 359 g/mol. The second-order valence-electron chi connectivity index (χ2n) is 6.92. The van der Waals surface area contributed by atoms with Crippen molar-refractivity contribution >= 4 is 11.6 Å². The van der Waals surface area contributed by atoms with E-state index in [0.29, 0.717) is 5.78 Å². The molecule has 1 aliphatic heterocycles. The summed E-state index contributed by atoms with van der Waals surface area (Å²) in [5.74, 6) is 1.66. The third-order valence-electron chi connectivity index (χ3n) is 5.30. The molecule has 1 fully saturated rings. The van der Waals surface area contributed by atoms with Gasteiger partial charge in [-0.25, -0.2) is 4.98 Å². The first kappa shape index (κ1) is 16.0. The van der Waals surface area contributed by atoms with Gasteiger partial charge >= 0.3 is 0 Å². The Kier molecular flexibility index (Phi) is 3.85. The quantitative estimate of drug-likeness (QED) is 0.562. The van der Waals surface area contributed by atoms with Crippen LogP contribution in [0.25, 0.3) is 17.0 Å². The number of aromatic nitrogens is 6. The van der Waals surface area contributed by atoms with E-state index < -0.39 is 0 Å². The van der Waals surface area contributed by atoms with Crippen LogP contribution in [0.4, 0.5) is 5.82 Å². The molecular formula is C20H21N7. The van der Waals surface area contributed by atoms with Crippen molar-refractivity contribution in [1.82, 2.24) is 29.4 Å². The Balaban J connectivity index is 1.66. The molecule has 3 aromatic heterocycles. The van der Waals surface area contributed by atoms with Crippen LogP contribution in [-0.2, 0) is 7.05 Å². The van der Waals surface area contributed by atoms with E-state index in [1.54, 1.807) is 6.33 Å². The first-order valence-corrected chi connectivity index (χ1v) is 9.32. The summed E-state index contributed by atoms with van der Waals surface area (Å²) in [5, 5.41) is 8.83. The van der Waals surface area contributed by atoms with Crippen LogP contribution in [0.3, 0.4) is 0 Å². The summed E-state index contributed by atoms with van der Waals surface area (Å²) in [5.41, 5.74) is 3.22. The van der Waals surface area contributed by atoms with Gasteiger partial charge in [-0.1, -0.05) is 30.3 Å². The number of fused-ring (bicyclic) bond motifs is 1. The van der Waals surface area contributed by atoms with Gasteiger partial charge in [-0.15, -0.1) is 0 Å². The van der Waals surface area contributed by atoms with Gasteiger partial charge in [0.25, 0.3) is 5.78 Å². The summed E-state index contributed by atoms with van der Waals surface area (Å²) in [6.07, 6.45) is 6.91. The zero-order chi connectivity index (χ0) is 18.2. The van der Waals surface area contributed by atoms with Gasteiger partial charge < -0.3 is 4.90 Å². The molecule has 27 heavy (non-hydrogen) atoms. The number of nitrogens with zero attached hydrogens (tertiary/aromatic N) is 7. The Morgan fingerprint density at radius 3 is 2.74 bits per heavy atom. The van der Waals surface area contributed by atoms with Crippen molar-refractivity contribution in [3.8, 4) is 11.3 Å². The lowest BCUT2D eigenvalue weighted by Gasteiger charge is -2.37. The van der Waals surface area contributed by atoms with Crippen molar-refractivity contribution in [3.05, 3.63) is 60.7 Å². The van der Waals surface area contributed by atoms with E-state index in [4.69, 9.17) is 4.98 Å². The third-order valence-corrected chi connectivity index (χ3v) is 5.30. The maximum atomic E-state index is 4.71. The van der Waals surface area contributed by atoms with Gasteiger partial charge in [-0.05, 0) is 25.3 Å². The van der Waals surface area contributed by atoms with Gasteiger partial charge in [0.15, 0.2) is 0 Å². The number of benzene rings is 1. The predicted octanol–water partition coefficient (Wildman–Crippen LogP) is 3.26. The number of hydrogen-bond donors (Lipinski definition) is 0. The van der Waals surface area contributed by atoms with Crippen LogP contribution in [-0.4, -0.2) is 35.9 Å². The molecule has 136 valence electrons. The standard InChI is InChI=1S/C20H21N7/c1-25-17(10-11-22-25)18-9-5-6-12-26(18)19-13-16(15-7-3-2-4-8-15)24-20-21-14-23-27(19)20/h2-4,7-8,10-11,13-14,18H,5-6,9,12H2,1H3/t18-/m0/s1. The van der Waals surface area contributed by atoms with Gasteiger partial charge in [-0.2, -0.15) is 19.7 Å². The van der Waals surface area contributed by atoms with Crippen molar-refractivity contribution in [2.75, 3.05) is 11.4 Å². The summed E-state index contributed by atoms with van der Waals surface area (Å²) in [6.45, 7) is 0.975. The van der Waals surface area contributed by atoms with Crippen molar-refractivity contribution in [2.45, 2.75) is 25.3 Å². The molecule has 0 amide bonds. The zero-order valence-electron chi connectivity index (χ0n) is 15.2. The zero-order valence-corrected chi connectivity index (χ0v) is 15.2. The number of rotatable bonds is 3. The van der Waals surface area contributed by atoms with Crippen LogP contribution < -0.4 is 4.90 Å². The first-order valence-electron chi connectivity index (χ1n) is 9.32. The SMILES string of the molecule is Cn1nccc1[C@@H]1CCCCN1c1cc(-c2ccccc2)nc2ncnn12. The fourth-order valence-electron chi connectivity index (χ4n) is 3.98. The molecule has 0 radical (unpaired) electrons. The summed E-state index contributed by atoms with van der Waals surface area (Å²) in [6, 6.07) is 14.7. The van der Waals surface area contributed by atoms with Crippen LogP contribution in [0.15, 0.2) is 55.0 Å². The number of hydrogen-bond acceptors (Lipinski definition) is 5. The molecule has 0 saturated carbocycles. The molecule has 0 aliphatic carbocycles. The molecule has 1 aliphatic rings. The maximum Gasteiger partial charge on any atom is 0.254 e. The number of anilines is 1. The highest BCUT2D eigenvalue weighted by Crippen LogP contribution is 2.35. The summed E-state index contributed by atoms with van der Waals surface area (Å²) < 4.78 is 3.82. The minimum atomic E-state index is 0.268. The molecule has 1 saturated heterocycles. The van der Waals surface area contributed by atoms with Gasteiger partial charge in [0.1, 0.15) is 12.1 Å². The molecule has 1 aromatic carbocycles. The smallest absolute Gasteiger partial charge is 0.254 e. The van der Waals surface area contributed by atoms with E-state index in [-0.39, 0.29) is 6.04 Å². The minimum absolute atomic E-state index is 0.268. The Bertz CT molecular complexity index is 1070. The normalized spacial score (nSPS) is 17.5. The van der Waals surface area contributed by atoms with E-state index in [2.05, 4.69) is 44.3 Å². The third kappa shape index (κ3) is 2.75. The van der Waals surface area contributed by atoms with Crippen LogP contribution in [0.5, 0.6) is 0 Å². The Morgan fingerprint density at radius 1 is 1.04 bits per heavy atom. The average Bonchev–Trinajstić information content (AvgIpc) is 3.36. The first-order chi connectivity index (χ1) is 13.3. The molecule has 1 atom stereocenters. The maximum absolute atomic E-state index is 4.71. The largest absolute Gasteiger partial charge is 0.348 e. The molecule has 4 aromatic rings. The molecule has 0 spiro atoms. The Morgan fingerprint density at radius 2 is 1.93 bits per heavy atom. The molecule has 4 heterocycles.